The summed E-state index contributed by atoms with van der Waals surface area (Å²) in [5.74, 6) is -0.683. The van der Waals surface area contributed by atoms with Gasteiger partial charge in [-0.15, -0.1) is 0 Å². The maximum absolute atomic E-state index is 11.8. The van der Waals surface area contributed by atoms with Gasteiger partial charge in [-0.05, 0) is 38.5 Å². The standard InChI is InChI=1S/C22H24N4O5/c1-22(2,3)31-21(29)24-12-14-5-7-15(8-6-14)18-11-17(20(27)28)25-26(18)16-9-10-19(30-4)23-13-16/h5-11,13H,12H2,1-4H3,(H,24,29)(H,27,28). The molecule has 9 heteroatoms. The van der Waals surface area contributed by atoms with Gasteiger partial charge in [-0.25, -0.2) is 19.3 Å². The van der Waals surface area contributed by atoms with E-state index in [4.69, 9.17) is 9.47 Å². The predicted octanol–water partition coefficient (Wildman–Crippen LogP) is 3.67. The van der Waals surface area contributed by atoms with Crippen LogP contribution >= 0.6 is 0 Å². The molecule has 0 radical (unpaired) electrons. The molecule has 31 heavy (non-hydrogen) atoms. The minimum absolute atomic E-state index is 0.0820. The number of rotatable bonds is 6. The number of carboxylic acids is 1. The van der Waals surface area contributed by atoms with Gasteiger partial charge in [0.1, 0.15) is 5.60 Å². The molecule has 3 rings (SSSR count). The Hall–Kier alpha value is -3.88. The lowest BCUT2D eigenvalue weighted by atomic mass is 10.1. The highest BCUT2D eigenvalue weighted by Crippen LogP contribution is 2.25. The lowest BCUT2D eigenvalue weighted by molar-refractivity contribution is 0.0523. The van der Waals surface area contributed by atoms with Gasteiger partial charge in [0.25, 0.3) is 0 Å². The number of ether oxygens (including phenoxy) is 2. The van der Waals surface area contributed by atoms with E-state index in [2.05, 4.69) is 15.4 Å². The fourth-order valence-corrected chi connectivity index (χ4v) is 2.79. The van der Waals surface area contributed by atoms with Crippen LogP contribution in [0.2, 0.25) is 0 Å². The summed E-state index contributed by atoms with van der Waals surface area (Å²) in [4.78, 5) is 27.4. The van der Waals surface area contributed by atoms with Gasteiger partial charge in [0.15, 0.2) is 5.69 Å². The highest BCUT2D eigenvalue weighted by molar-refractivity contribution is 5.87. The Morgan fingerprint density at radius 3 is 2.39 bits per heavy atom. The van der Waals surface area contributed by atoms with E-state index in [0.29, 0.717) is 23.8 Å². The number of carbonyl (C=O) groups is 2. The number of nitrogens with one attached hydrogen (secondary N) is 1. The molecule has 0 saturated carbocycles. The summed E-state index contributed by atoms with van der Waals surface area (Å²) in [6.45, 7) is 5.70. The number of aromatic carboxylic acids is 1. The number of nitrogens with zero attached hydrogens (tertiary/aromatic N) is 3. The largest absolute Gasteiger partial charge is 0.481 e. The molecule has 0 aliphatic heterocycles. The minimum Gasteiger partial charge on any atom is -0.481 e. The fourth-order valence-electron chi connectivity index (χ4n) is 2.79. The van der Waals surface area contributed by atoms with Crippen molar-refractivity contribution in [3.05, 3.63) is 59.9 Å². The second-order valence-electron chi connectivity index (χ2n) is 7.74. The number of benzene rings is 1. The summed E-state index contributed by atoms with van der Waals surface area (Å²) in [6, 6.07) is 12.3. The number of pyridine rings is 1. The zero-order valence-corrected chi connectivity index (χ0v) is 17.7. The molecule has 1 amide bonds. The molecule has 0 unspecified atom stereocenters. The molecule has 0 saturated heterocycles. The van der Waals surface area contributed by atoms with Crippen LogP contribution in [-0.2, 0) is 11.3 Å². The first-order chi connectivity index (χ1) is 14.7. The lowest BCUT2D eigenvalue weighted by Crippen LogP contribution is -2.32. The van der Waals surface area contributed by atoms with Gasteiger partial charge in [-0.1, -0.05) is 24.3 Å². The number of aromatic nitrogens is 3. The first-order valence-corrected chi connectivity index (χ1v) is 9.56. The number of carboxylic acid groups (broad SMARTS) is 1. The van der Waals surface area contributed by atoms with Crippen molar-refractivity contribution in [1.82, 2.24) is 20.1 Å². The van der Waals surface area contributed by atoms with Gasteiger partial charge < -0.3 is 19.9 Å². The van der Waals surface area contributed by atoms with E-state index >= 15 is 0 Å². The normalized spacial score (nSPS) is 11.1. The van der Waals surface area contributed by atoms with Crippen LogP contribution in [0, 0.1) is 0 Å². The lowest BCUT2D eigenvalue weighted by Gasteiger charge is -2.19. The highest BCUT2D eigenvalue weighted by atomic mass is 16.6. The Bertz CT molecular complexity index is 1070. The van der Waals surface area contributed by atoms with Crippen molar-refractivity contribution in [2.75, 3.05) is 7.11 Å². The van der Waals surface area contributed by atoms with E-state index in [0.717, 1.165) is 11.1 Å². The van der Waals surface area contributed by atoms with Crippen molar-refractivity contribution in [3.63, 3.8) is 0 Å². The summed E-state index contributed by atoms with van der Waals surface area (Å²) in [5, 5.41) is 16.3. The third kappa shape index (κ3) is 5.59. The second-order valence-corrected chi connectivity index (χ2v) is 7.74. The Morgan fingerprint density at radius 2 is 1.84 bits per heavy atom. The van der Waals surface area contributed by atoms with Crippen molar-refractivity contribution in [2.24, 2.45) is 0 Å². The first kappa shape index (κ1) is 21.8. The number of alkyl carbamates (subject to hydrolysis) is 1. The molecule has 0 spiro atoms. The average molecular weight is 424 g/mol. The monoisotopic (exact) mass is 424 g/mol. The Kier molecular flexibility index (Phi) is 6.24. The number of hydrogen-bond acceptors (Lipinski definition) is 6. The SMILES string of the molecule is COc1ccc(-n2nc(C(=O)O)cc2-c2ccc(CNC(=O)OC(C)(C)C)cc2)cn1. The van der Waals surface area contributed by atoms with Crippen molar-refractivity contribution in [1.29, 1.82) is 0 Å². The summed E-state index contributed by atoms with van der Waals surface area (Å²) in [7, 11) is 1.52. The van der Waals surface area contributed by atoms with Gasteiger partial charge in [-0.3, -0.25) is 0 Å². The topological polar surface area (TPSA) is 116 Å². The van der Waals surface area contributed by atoms with E-state index in [-0.39, 0.29) is 5.69 Å². The minimum atomic E-state index is -1.13. The Balaban J connectivity index is 1.83. The summed E-state index contributed by atoms with van der Waals surface area (Å²) < 4.78 is 11.8. The quantitative estimate of drug-likeness (QED) is 0.620. The van der Waals surface area contributed by atoms with E-state index in [1.165, 1.54) is 17.9 Å². The molecule has 9 nitrogen and oxygen atoms in total. The first-order valence-electron chi connectivity index (χ1n) is 9.56. The fraction of sp³-hybridized carbons (Fsp3) is 0.273. The van der Waals surface area contributed by atoms with Crippen molar-refractivity contribution >= 4 is 12.1 Å². The smallest absolute Gasteiger partial charge is 0.407 e. The highest BCUT2D eigenvalue weighted by Gasteiger charge is 2.17. The van der Waals surface area contributed by atoms with Crippen molar-refractivity contribution in [2.45, 2.75) is 32.9 Å². The van der Waals surface area contributed by atoms with Gasteiger partial charge in [0, 0.05) is 18.2 Å². The van der Waals surface area contributed by atoms with Gasteiger partial charge in [-0.2, -0.15) is 5.10 Å². The summed E-state index contributed by atoms with van der Waals surface area (Å²) >= 11 is 0. The van der Waals surface area contributed by atoms with Crippen LogP contribution in [0.3, 0.4) is 0 Å². The molecule has 0 atom stereocenters. The van der Waals surface area contributed by atoms with Crippen LogP contribution in [0.4, 0.5) is 4.79 Å². The number of amides is 1. The maximum Gasteiger partial charge on any atom is 0.407 e. The van der Waals surface area contributed by atoms with Crippen LogP contribution in [0.15, 0.2) is 48.7 Å². The van der Waals surface area contributed by atoms with Crippen molar-refractivity contribution < 1.29 is 24.2 Å². The summed E-state index contributed by atoms with van der Waals surface area (Å²) in [5.41, 5.74) is 2.17. The van der Waals surface area contributed by atoms with Gasteiger partial charge in [0.2, 0.25) is 5.88 Å². The van der Waals surface area contributed by atoms with E-state index in [1.54, 1.807) is 39.1 Å². The molecule has 0 aliphatic rings. The summed E-state index contributed by atoms with van der Waals surface area (Å²) in [6.07, 6.45) is 1.06. The molecular formula is C22H24N4O5. The predicted molar refractivity (Wildman–Crippen MR) is 113 cm³/mol. The van der Waals surface area contributed by atoms with E-state index < -0.39 is 17.7 Å². The van der Waals surface area contributed by atoms with Crippen LogP contribution in [0.1, 0.15) is 36.8 Å². The molecule has 2 N–H and O–H groups in total. The zero-order chi connectivity index (χ0) is 22.6. The molecule has 3 aromatic rings. The molecule has 0 fully saturated rings. The average Bonchev–Trinajstić information content (AvgIpc) is 3.17. The third-order valence-corrected chi connectivity index (χ3v) is 4.19. The van der Waals surface area contributed by atoms with Crippen LogP contribution in [-0.4, -0.2) is 44.6 Å². The number of carbonyl (C=O) groups excluding carboxylic acids is 1. The second kappa shape index (κ2) is 8.86. The molecule has 2 aromatic heterocycles. The van der Waals surface area contributed by atoms with Gasteiger partial charge >= 0.3 is 12.1 Å². The molecule has 0 bridgehead atoms. The van der Waals surface area contributed by atoms with E-state index in [1.807, 2.05) is 24.3 Å². The van der Waals surface area contributed by atoms with Crippen LogP contribution in [0.25, 0.3) is 16.9 Å². The van der Waals surface area contributed by atoms with Crippen LogP contribution in [0.5, 0.6) is 5.88 Å². The van der Waals surface area contributed by atoms with Crippen molar-refractivity contribution in [3.8, 4) is 22.8 Å². The molecular weight excluding hydrogens is 400 g/mol. The molecule has 2 heterocycles. The van der Waals surface area contributed by atoms with Crippen LogP contribution < -0.4 is 10.1 Å². The Labute approximate surface area is 179 Å². The molecule has 162 valence electrons. The van der Waals surface area contributed by atoms with E-state index in [9.17, 15) is 14.7 Å². The Morgan fingerprint density at radius 1 is 1.13 bits per heavy atom. The number of hydrogen-bond donors (Lipinski definition) is 2. The van der Waals surface area contributed by atoms with Gasteiger partial charge in [0.05, 0.1) is 24.7 Å². The number of methoxy groups -OCH3 is 1. The zero-order valence-electron chi connectivity index (χ0n) is 17.7. The molecule has 1 aromatic carbocycles. The third-order valence-electron chi connectivity index (χ3n) is 4.19. The molecule has 0 aliphatic carbocycles. The maximum atomic E-state index is 11.8.